The van der Waals surface area contributed by atoms with Gasteiger partial charge in [0.05, 0.1) is 32.8 Å². The van der Waals surface area contributed by atoms with Crippen LogP contribution < -0.4 is 11.1 Å². The van der Waals surface area contributed by atoms with Crippen LogP contribution in [0, 0.1) is 13.8 Å². The topological polar surface area (TPSA) is 68.8 Å². The van der Waals surface area contributed by atoms with Gasteiger partial charge in [-0.05, 0) is 26.0 Å². The van der Waals surface area contributed by atoms with Crippen molar-refractivity contribution in [2.75, 3.05) is 11.1 Å². The number of thiazole rings is 1. The van der Waals surface area contributed by atoms with Crippen LogP contribution in [0.1, 0.15) is 16.3 Å². The summed E-state index contributed by atoms with van der Waals surface area (Å²) in [5.74, 6) is 0. The van der Waals surface area contributed by atoms with Crippen LogP contribution in [0.2, 0.25) is 0 Å². The number of nitrogens with one attached hydrogen (secondary N) is 1. The number of fused-ring (bicyclic) bond motifs is 1. The number of aryl methyl sites for hydroxylation is 2. The number of nitrogen functional groups attached to an aromatic ring is 1. The van der Waals surface area contributed by atoms with E-state index >= 15 is 0 Å². The highest BCUT2D eigenvalue weighted by Gasteiger charge is 2.08. The van der Waals surface area contributed by atoms with Crippen molar-refractivity contribution in [2.45, 2.75) is 20.4 Å². The monoisotopic (exact) mass is 287 g/mol. The van der Waals surface area contributed by atoms with Crippen LogP contribution in [-0.2, 0) is 13.6 Å². The van der Waals surface area contributed by atoms with Crippen molar-refractivity contribution in [2.24, 2.45) is 7.05 Å². The summed E-state index contributed by atoms with van der Waals surface area (Å²) in [5.41, 5.74) is 11.1. The van der Waals surface area contributed by atoms with Crippen LogP contribution in [0.25, 0.3) is 10.2 Å². The molecule has 3 N–H and O–H groups in total. The zero-order valence-electron chi connectivity index (χ0n) is 11.8. The van der Waals surface area contributed by atoms with Crippen LogP contribution in [0.5, 0.6) is 0 Å². The van der Waals surface area contributed by atoms with Gasteiger partial charge in [0.1, 0.15) is 0 Å². The van der Waals surface area contributed by atoms with Crippen molar-refractivity contribution in [1.29, 1.82) is 0 Å². The molecule has 104 valence electrons. The van der Waals surface area contributed by atoms with E-state index in [9.17, 15) is 0 Å². The standard InChI is InChI=1S/C14H17N5S/c1-8-10(7-17-19(8)3)6-16-12-5-13-14(4-11(12)15)20-9(2)18-13/h4-5,7,16H,6,15H2,1-3H3. The molecule has 0 bridgehead atoms. The highest BCUT2D eigenvalue weighted by atomic mass is 32.1. The van der Waals surface area contributed by atoms with Gasteiger partial charge in [0.15, 0.2) is 0 Å². The van der Waals surface area contributed by atoms with E-state index in [2.05, 4.69) is 22.3 Å². The molecular formula is C14H17N5S. The van der Waals surface area contributed by atoms with E-state index in [0.717, 1.165) is 32.3 Å². The molecule has 3 rings (SSSR count). The van der Waals surface area contributed by atoms with Crippen LogP contribution in [-0.4, -0.2) is 14.8 Å². The van der Waals surface area contributed by atoms with Crippen molar-refractivity contribution in [3.63, 3.8) is 0 Å². The zero-order valence-corrected chi connectivity index (χ0v) is 12.6. The fourth-order valence-corrected chi connectivity index (χ4v) is 3.02. The van der Waals surface area contributed by atoms with Crippen molar-refractivity contribution < 1.29 is 0 Å². The summed E-state index contributed by atoms with van der Waals surface area (Å²) in [6, 6.07) is 4.00. The lowest BCUT2D eigenvalue weighted by Crippen LogP contribution is -2.03. The Balaban J connectivity index is 1.86. The third kappa shape index (κ3) is 2.22. The highest BCUT2D eigenvalue weighted by molar-refractivity contribution is 7.18. The molecule has 5 nitrogen and oxygen atoms in total. The molecule has 0 amide bonds. The maximum atomic E-state index is 6.10. The van der Waals surface area contributed by atoms with Crippen molar-refractivity contribution >= 4 is 32.9 Å². The van der Waals surface area contributed by atoms with E-state index in [-0.39, 0.29) is 0 Å². The second-order valence-corrected chi connectivity index (χ2v) is 6.11. The minimum atomic E-state index is 0.707. The molecule has 0 saturated heterocycles. The van der Waals surface area contributed by atoms with E-state index in [1.54, 1.807) is 11.3 Å². The SMILES string of the molecule is Cc1nc2cc(NCc3cnn(C)c3C)c(N)cc2s1. The number of nitrogens with zero attached hydrogens (tertiary/aromatic N) is 3. The second kappa shape index (κ2) is 4.79. The summed E-state index contributed by atoms with van der Waals surface area (Å²) in [6.07, 6.45) is 1.88. The van der Waals surface area contributed by atoms with Crippen LogP contribution >= 0.6 is 11.3 Å². The molecule has 0 saturated carbocycles. The third-order valence-electron chi connectivity index (χ3n) is 3.47. The normalized spacial score (nSPS) is 11.2. The predicted molar refractivity (Wildman–Crippen MR) is 84.0 cm³/mol. The van der Waals surface area contributed by atoms with Crippen molar-refractivity contribution in [3.8, 4) is 0 Å². The fourth-order valence-electron chi connectivity index (χ4n) is 2.17. The maximum Gasteiger partial charge on any atom is 0.0907 e. The first-order chi connectivity index (χ1) is 9.54. The number of hydrogen-bond acceptors (Lipinski definition) is 5. The van der Waals surface area contributed by atoms with Gasteiger partial charge in [0, 0.05) is 24.8 Å². The molecule has 2 heterocycles. The first-order valence-electron chi connectivity index (χ1n) is 6.42. The minimum Gasteiger partial charge on any atom is -0.397 e. The molecule has 0 unspecified atom stereocenters. The zero-order chi connectivity index (χ0) is 14.3. The largest absolute Gasteiger partial charge is 0.397 e. The Morgan fingerprint density at radius 1 is 1.35 bits per heavy atom. The Bertz CT molecular complexity index is 771. The molecule has 0 atom stereocenters. The molecular weight excluding hydrogens is 270 g/mol. The van der Waals surface area contributed by atoms with Gasteiger partial charge in [0.2, 0.25) is 0 Å². The number of hydrogen-bond donors (Lipinski definition) is 2. The summed E-state index contributed by atoms with van der Waals surface area (Å²) in [7, 11) is 1.94. The Morgan fingerprint density at radius 2 is 2.15 bits per heavy atom. The van der Waals surface area contributed by atoms with Gasteiger partial charge < -0.3 is 11.1 Å². The predicted octanol–water partition coefficient (Wildman–Crippen LogP) is 2.84. The Morgan fingerprint density at radius 3 is 2.85 bits per heavy atom. The van der Waals surface area contributed by atoms with Gasteiger partial charge in [0.25, 0.3) is 0 Å². The molecule has 2 aromatic heterocycles. The molecule has 20 heavy (non-hydrogen) atoms. The molecule has 6 heteroatoms. The number of benzene rings is 1. The number of nitrogens with two attached hydrogens (primary N) is 1. The molecule has 1 aromatic carbocycles. The van der Waals surface area contributed by atoms with E-state index in [4.69, 9.17) is 5.73 Å². The first kappa shape index (κ1) is 12.9. The van der Waals surface area contributed by atoms with Gasteiger partial charge >= 0.3 is 0 Å². The van der Waals surface area contributed by atoms with Gasteiger partial charge in [-0.15, -0.1) is 11.3 Å². The third-order valence-corrected chi connectivity index (χ3v) is 4.41. The average Bonchev–Trinajstić information content (AvgIpc) is 2.90. The summed E-state index contributed by atoms with van der Waals surface area (Å²) in [4.78, 5) is 4.50. The van der Waals surface area contributed by atoms with Gasteiger partial charge in [-0.3, -0.25) is 4.68 Å². The first-order valence-corrected chi connectivity index (χ1v) is 7.24. The molecule has 0 aliphatic heterocycles. The minimum absolute atomic E-state index is 0.707. The lowest BCUT2D eigenvalue weighted by molar-refractivity contribution is 0.738. The molecule has 0 aliphatic rings. The fraction of sp³-hybridized carbons (Fsp3) is 0.286. The van der Waals surface area contributed by atoms with E-state index in [0.29, 0.717) is 6.54 Å². The van der Waals surface area contributed by atoms with Crippen LogP contribution in [0.3, 0.4) is 0 Å². The van der Waals surface area contributed by atoms with Gasteiger partial charge in [-0.2, -0.15) is 5.10 Å². The van der Waals surface area contributed by atoms with E-state index in [1.807, 2.05) is 37.0 Å². The Labute approximate surface area is 121 Å². The number of rotatable bonds is 3. The molecule has 0 radical (unpaired) electrons. The number of aromatic nitrogens is 3. The van der Waals surface area contributed by atoms with Crippen LogP contribution in [0.4, 0.5) is 11.4 Å². The summed E-state index contributed by atoms with van der Waals surface area (Å²) < 4.78 is 3.00. The molecule has 0 aliphatic carbocycles. The summed E-state index contributed by atoms with van der Waals surface area (Å²) in [5, 5.41) is 8.67. The van der Waals surface area contributed by atoms with Crippen LogP contribution in [0.15, 0.2) is 18.3 Å². The second-order valence-electron chi connectivity index (χ2n) is 4.87. The smallest absolute Gasteiger partial charge is 0.0907 e. The van der Waals surface area contributed by atoms with E-state index in [1.165, 1.54) is 5.56 Å². The lowest BCUT2D eigenvalue weighted by atomic mass is 10.2. The quantitative estimate of drug-likeness (QED) is 0.727. The van der Waals surface area contributed by atoms with E-state index < -0.39 is 0 Å². The van der Waals surface area contributed by atoms with Gasteiger partial charge in [-0.25, -0.2) is 4.98 Å². The van der Waals surface area contributed by atoms with Gasteiger partial charge in [-0.1, -0.05) is 0 Å². The summed E-state index contributed by atoms with van der Waals surface area (Å²) >= 11 is 1.66. The Kier molecular flexibility index (Phi) is 3.10. The van der Waals surface area contributed by atoms with Crippen molar-refractivity contribution in [3.05, 3.63) is 34.6 Å². The molecule has 0 spiro atoms. The van der Waals surface area contributed by atoms with Crippen molar-refractivity contribution in [1.82, 2.24) is 14.8 Å². The number of anilines is 2. The average molecular weight is 287 g/mol. The highest BCUT2D eigenvalue weighted by Crippen LogP contribution is 2.30. The lowest BCUT2D eigenvalue weighted by Gasteiger charge is -2.09. The maximum absolute atomic E-state index is 6.10. The molecule has 0 fully saturated rings. The summed E-state index contributed by atoms with van der Waals surface area (Å²) in [6.45, 7) is 4.77. The molecule has 3 aromatic rings. The Hall–Kier alpha value is -2.08.